The second kappa shape index (κ2) is 17.8. The zero-order valence-corrected chi connectivity index (χ0v) is 29.4. The van der Waals surface area contributed by atoms with E-state index < -0.39 is 0 Å². The number of rotatable bonds is 11. The van der Waals surface area contributed by atoms with Gasteiger partial charge in [-0.25, -0.2) is 9.97 Å². The predicted molar refractivity (Wildman–Crippen MR) is 175 cm³/mol. The lowest BCUT2D eigenvalue weighted by atomic mass is 9.91. The van der Waals surface area contributed by atoms with Crippen LogP contribution in [0.1, 0.15) is 84.4 Å². The summed E-state index contributed by atoms with van der Waals surface area (Å²) in [6, 6.07) is -0.308. The maximum atomic E-state index is 14.2. The lowest BCUT2D eigenvalue weighted by Gasteiger charge is -2.43. The summed E-state index contributed by atoms with van der Waals surface area (Å²) >= 11 is 0. The van der Waals surface area contributed by atoms with Crippen molar-refractivity contribution in [1.82, 2.24) is 24.7 Å². The summed E-state index contributed by atoms with van der Waals surface area (Å²) in [5.41, 5.74) is 0.142. The Morgan fingerprint density at radius 1 is 1.13 bits per heavy atom. The first kappa shape index (κ1) is 38.4. The Morgan fingerprint density at radius 2 is 1.78 bits per heavy atom. The third-order valence-electron chi connectivity index (χ3n) is 7.66. The number of carbonyl (C=O) groups is 3. The van der Waals surface area contributed by atoms with Crippen LogP contribution in [-0.4, -0.2) is 128 Å². The minimum atomic E-state index is -0.374. The molecule has 0 bridgehead atoms. The molecule has 3 rings (SSSR count). The standard InChI is InChI=1S/C28H46N6O5.C5H12O/c1-20(2)16-34(22-14-21(17-32(18-22)19-35)25(36)33-9-12-39-13-10-33)26(37)23-15-30-27(28(3,4)5)31-24(23)29-8-7-11-38-6;1-5(2,3)6-4/h15,19-22H,7-14,16-18H2,1-6H3,(H,29,30,31);1-4H3/t21-,22+;/m1./s1. The molecule has 3 amide bonds. The summed E-state index contributed by atoms with van der Waals surface area (Å²) in [7, 11) is 3.37. The summed E-state index contributed by atoms with van der Waals surface area (Å²) in [6.45, 7) is 20.8. The minimum absolute atomic E-state index is 0.0187. The lowest BCUT2D eigenvalue weighted by molar-refractivity contribution is -0.143. The van der Waals surface area contributed by atoms with E-state index in [0.29, 0.717) is 82.7 Å². The molecule has 1 N–H and O–H groups in total. The normalized spacial score (nSPS) is 19.1. The first-order valence-electron chi connectivity index (χ1n) is 16.1. The van der Waals surface area contributed by atoms with Crippen molar-refractivity contribution in [3.63, 3.8) is 0 Å². The van der Waals surface area contributed by atoms with Crippen LogP contribution in [0.25, 0.3) is 0 Å². The van der Waals surface area contributed by atoms with Crippen molar-refractivity contribution < 1.29 is 28.6 Å². The largest absolute Gasteiger partial charge is 0.385 e. The molecule has 2 aliphatic heterocycles. The Balaban J connectivity index is 0.00000107. The zero-order valence-electron chi connectivity index (χ0n) is 29.4. The molecule has 0 radical (unpaired) electrons. The van der Waals surface area contributed by atoms with E-state index in [1.807, 2.05) is 51.3 Å². The van der Waals surface area contributed by atoms with Gasteiger partial charge in [-0.1, -0.05) is 34.6 Å². The number of anilines is 1. The third-order valence-corrected chi connectivity index (χ3v) is 7.66. The number of likely N-dealkylation sites (tertiary alicyclic amines) is 1. The van der Waals surface area contributed by atoms with Crippen LogP contribution in [0, 0.1) is 11.8 Å². The van der Waals surface area contributed by atoms with Gasteiger partial charge in [0.05, 0.1) is 30.8 Å². The smallest absolute Gasteiger partial charge is 0.259 e. The minimum Gasteiger partial charge on any atom is -0.385 e. The third kappa shape index (κ3) is 12.5. The number of morpholine rings is 1. The van der Waals surface area contributed by atoms with Gasteiger partial charge in [0.15, 0.2) is 0 Å². The molecule has 256 valence electrons. The maximum absolute atomic E-state index is 14.2. The molecule has 0 saturated carbocycles. The van der Waals surface area contributed by atoms with Gasteiger partial charge in [0.1, 0.15) is 17.2 Å². The summed E-state index contributed by atoms with van der Waals surface area (Å²) in [6.07, 6.45) is 3.65. The average molecular weight is 635 g/mol. The van der Waals surface area contributed by atoms with Crippen molar-refractivity contribution in [2.75, 3.05) is 78.6 Å². The maximum Gasteiger partial charge on any atom is 0.259 e. The Morgan fingerprint density at radius 3 is 2.31 bits per heavy atom. The van der Waals surface area contributed by atoms with E-state index in [-0.39, 0.29) is 40.7 Å². The van der Waals surface area contributed by atoms with E-state index in [0.717, 1.165) is 12.8 Å². The fraction of sp³-hybridized carbons (Fsp3) is 0.788. The number of ether oxygens (including phenoxy) is 3. The topological polar surface area (TPSA) is 126 Å². The second-order valence-electron chi connectivity index (χ2n) is 14.2. The SMILES string of the molecule is COC(C)(C)C.COCCCNc1nc(C(C)(C)C)ncc1C(=O)N(CC(C)C)[C@H]1C[C@@H](C(=O)N2CCOCC2)CN(C=O)C1. The van der Waals surface area contributed by atoms with Crippen molar-refractivity contribution in [2.45, 2.75) is 85.3 Å². The van der Waals surface area contributed by atoms with Gasteiger partial charge in [0.25, 0.3) is 5.91 Å². The Hall–Kier alpha value is -2.83. The van der Waals surface area contributed by atoms with Gasteiger partial charge in [-0.2, -0.15) is 0 Å². The Kier molecular flexibility index (Phi) is 15.1. The van der Waals surface area contributed by atoms with Crippen molar-refractivity contribution in [3.05, 3.63) is 17.6 Å². The van der Waals surface area contributed by atoms with Crippen LogP contribution in [0.15, 0.2) is 6.20 Å². The van der Waals surface area contributed by atoms with Gasteiger partial charge < -0.3 is 34.2 Å². The van der Waals surface area contributed by atoms with Crippen LogP contribution < -0.4 is 5.32 Å². The van der Waals surface area contributed by atoms with Crippen LogP contribution in [0.3, 0.4) is 0 Å². The van der Waals surface area contributed by atoms with Gasteiger partial charge in [-0.15, -0.1) is 0 Å². The van der Waals surface area contributed by atoms with Gasteiger partial charge in [0, 0.05) is 71.7 Å². The molecule has 2 aliphatic rings. The van der Waals surface area contributed by atoms with E-state index in [1.165, 1.54) is 0 Å². The number of aromatic nitrogens is 2. The molecule has 1 aromatic heterocycles. The number of methoxy groups -OCH3 is 2. The predicted octanol–water partition coefficient (Wildman–Crippen LogP) is 3.46. The number of hydrogen-bond donors (Lipinski definition) is 1. The molecule has 0 aliphatic carbocycles. The number of carbonyl (C=O) groups excluding carboxylic acids is 3. The van der Waals surface area contributed by atoms with Crippen molar-refractivity contribution in [1.29, 1.82) is 0 Å². The lowest BCUT2D eigenvalue weighted by Crippen LogP contribution is -2.56. The fourth-order valence-electron chi connectivity index (χ4n) is 5.04. The number of hydrogen-bond acceptors (Lipinski definition) is 9. The monoisotopic (exact) mass is 634 g/mol. The Labute approximate surface area is 270 Å². The number of nitrogens with one attached hydrogen (secondary N) is 1. The summed E-state index contributed by atoms with van der Waals surface area (Å²) < 4.78 is 15.5. The molecule has 2 atom stereocenters. The zero-order chi connectivity index (χ0) is 33.8. The molecule has 1 aromatic rings. The van der Waals surface area contributed by atoms with E-state index in [2.05, 4.69) is 24.1 Å². The molecule has 3 heterocycles. The summed E-state index contributed by atoms with van der Waals surface area (Å²) in [4.78, 5) is 54.1. The molecular formula is C33H58N6O6. The van der Waals surface area contributed by atoms with Gasteiger partial charge in [-0.3, -0.25) is 14.4 Å². The quantitative estimate of drug-likeness (QED) is 0.288. The fourth-order valence-corrected chi connectivity index (χ4v) is 5.04. The highest BCUT2D eigenvalue weighted by atomic mass is 16.5. The molecule has 2 saturated heterocycles. The van der Waals surface area contributed by atoms with Gasteiger partial charge in [-0.05, 0) is 39.5 Å². The van der Waals surface area contributed by atoms with Crippen molar-refractivity contribution >= 4 is 24.0 Å². The van der Waals surface area contributed by atoms with Gasteiger partial charge >= 0.3 is 0 Å². The highest BCUT2D eigenvalue weighted by molar-refractivity contribution is 5.98. The highest BCUT2D eigenvalue weighted by Crippen LogP contribution is 2.28. The van der Waals surface area contributed by atoms with Crippen LogP contribution in [-0.2, 0) is 29.2 Å². The molecule has 0 unspecified atom stereocenters. The second-order valence-corrected chi connectivity index (χ2v) is 14.2. The molecule has 12 heteroatoms. The Bertz CT molecular complexity index is 1080. The highest BCUT2D eigenvalue weighted by Gasteiger charge is 2.39. The molecule has 45 heavy (non-hydrogen) atoms. The van der Waals surface area contributed by atoms with Crippen LogP contribution in [0.2, 0.25) is 0 Å². The average Bonchev–Trinajstić information content (AvgIpc) is 3.00. The van der Waals surface area contributed by atoms with Crippen molar-refractivity contribution in [2.24, 2.45) is 11.8 Å². The molecular weight excluding hydrogens is 576 g/mol. The molecule has 12 nitrogen and oxygen atoms in total. The van der Waals surface area contributed by atoms with Crippen molar-refractivity contribution in [3.8, 4) is 0 Å². The van der Waals surface area contributed by atoms with E-state index in [9.17, 15) is 14.4 Å². The van der Waals surface area contributed by atoms with E-state index in [1.54, 1.807) is 25.3 Å². The van der Waals surface area contributed by atoms with E-state index in [4.69, 9.17) is 19.2 Å². The molecule has 2 fully saturated rings. The summed E-state index contributed by atoms with van der Waals surface area (Å²) in [5.74, 6) is 0.764. The van der Waals surface area contributed by atoms with E-state index >= 15 is 0 Å². The van der Waals surface area contributed by atoms with Crippen LogP contribution in [0.4, 0.5) is 5.82 Å². The number of piperidine rings is 1. The number of nitrogens with zero attached hydrogens (tertiary/aromatic N) is 5. The van der Waals surface area contributed by atoms with Crippen LogP contribution >= 0.6 is 0 Å². The first-order chi connectivity index (χ1) is 21.1. The van der Waals surface area contributed by atoms with Crippen LogP contribution in [0.5, 0.6) is 0 Å². The molecule has 0 aromatic carbocycles. The summed E-state index contributed by atoms with van der Waals surface area (Å²) in [5, 5.41) is 3.32. The molecule has 0 spiro atoms. The first-order valence-corrected chi connectivity index (χ1v) is 16.1. The van der Waals surface area contributed by atoms with Gasteiger partial charge in [0.2, 0.25) is 12.3 Å². The number of amides is 3.